The van der Waals surface area contributed by atoms with Gasteiger partial charge in [0.15, 0.2) is 0 Å². The molecule has 0 radical (unpaired) electrons. The molecule has 0 atom stereocenters. The van der Waals surface area contributed by atoms with Crippen LogP contribution in [0.3, 0.4) is 0 Å². The first-order valence-electron chi connectivity index (χ1n) is 4.07. The van der Waals surface area contributed by atoms with Crippen LogP contribution >= 0.6 is 22.6 Å². The fraction of sp³-hybridized carbons (Fsp3) is 0.571. The lowest BCUT2D eigenvalue weighted by Crippen LogP contribution is -2.47. The first kappa shape index (κ1) is 17.6. The summed E-state index contributed by atoms with van der Waals surface area (Å²) in [5, 5.41) is -5.66. The van der Waals surface area contributed by atoms with Crippen molar-refractivity contribution >= 4 is 38.7 Å². The van der Waals surface area contributed by atoms with E-state index < -0.39 is 40.3 Å². The van der Waals surface area contributed by atoms with E-state index in [1.165, 1.54) is 22.6 Å². The van der Waals surface area contributed by atoms with Gasteiger partial charge in [-0.15, -0.1) is 0 Å². The Morgan fingerprint density at radius 3 is 2.11 bits per heavy atom. The fourth-order valence-electron chi connectivity index (χ4n) is 0.684. The predicted octanol–water partition coefficient (Wildman–Crippen LogP) is 1.98. The molecule has 1 N–H and O–H groups in total. The molecule has 0 saturated heterocycles. The molecule has 0 aromatic rings. The highest BCUT2D eigenvalue weighted by atomic mass is 127. The minimum atomic E-state index is -6.27. The lowest BCUT2D eigenvalue weighted by Gasteiger charge is -2.23. The van der Waals surface area contributed by atoms with E-state index in [1.54, 1.807) is 0 Å². The molecule has 0 spiro atoms. The molecule has 11 heteroatoms. The Hall–Kier alpha value is -0.430. The van der Waals surface area contributed by atoms with Gasteiger partial charge in [0.1, 0.15) is 0 Å². The number of ether oxygens (including phenoxy) is 1. The third kappa shape index (κ3) is 4.05. The van der Waals surface area contributed by atoms with E-state index in [0.717, 1.165) is 0 Å². The summed E-state index contributed by atoms with van der Waals surface area (Å²) >= 11 is 1.42. The van der Waals surface area contributed by atoms with Crippen LogP contribution in [0.2, 0.25) is 0 Å². The van der Waals surface area contributed by atoms with E-state index in [-0.39, 0.29) is 3.58 Å². The molecule has 0 fully saturated rings. The first-order chi connectivity index (χ1) is 7.83. The van der Waals surface area contributed by atoms with Crippen LogP contribution in [0.5, 0.6) is 0 Å². The van der Waals surface area contributed by atoms with Gasteiger partial charge < -0.3 is 4.74 Å². The highest BCUT2D eigenvalue weighted by molar-refractivity contribution is 14.1. The van der Waals surface area contributed by atoms with Crippen molar-refractivity contribution in [2.75, 3.05) is 6.61 Å². The third-order valence-electron chi connectivity index (χ3n) is 1.62. The number of hydrogen-bond acceptors (Lipinski definition) is 4. The summed E-state index contributed by atoms with van der Waals surface area (Å²) in [4.78, 5) is 10.7. The molecule has 0 rings (SSSR count). The summed E-state index contributed by atoms with van der Waals surface area (Å²) in [6, 6.07) is 0. The minimum Gasteiger partial charge on any atom is -0.462 e. The van der Waals surface area contributed by atoms with Gasteiger partial charge in [0.2, 0.25) is 0 Å². The zero-order valence-electron chi connectivity index (χ0n) is 8.50. The summed E-state index contributed by atoms with van der Waals surface area (Å²) in [7, 11) is -6.27. The summed E-state index contributed by atoms with van der Waals surface area (Å²) in [5.74, 6) is -6.17. The number of halogens is 5. The summed E-state index contributed by atoms with van der Waals surface area (Å²) in [6.07, 6.45) is -1.77. The zero-order chi connectivity index (χ0) is 14.8. The Balaban J connectivity index is 4.69. The molecule has 0 aromatic heterocycles. The summed E-state index contributed by atoms with van der Waals surface area (Å²) < 4.78 is 83.1. The maximum atomic E-state index is 12.8. The number of carbonyl (C=O) groups is 1. The van der Waals surface area contributed by atoms with Gasteiger partial charge in [0.25, 0.3) is 0 Å². The van der Waals surface area contributed by atoms with Crippen LogP contribution < -0.4 is 0 Å². The molecule has 106 valence electrons. The molecular weight excluding hydrogens is 399 g/mol. The molecule has 0 aromatic carbocycles. The van der Waals surface area contributed by atoms with Gasteiger partial charge in [-0.2, -0.15) is 26.0 Å². The lowest BCUT2D eigenvalue weighted by molar-refractivity contribution is -0.173. The Kier molecular flexibility index (Phi) is 5.55. The molecule has 0 unspecified atom stereocenters. The topological polar surface area (TPSA) is 80.7 Å². The van der Waals surface area contributed by atoms with Crippen molar-refractivity contribution in [2.24, 2.45) is 0 Å². The van der Waals surface area contributed by atoms with Crippen molar-refractivity contribution in [1.82, 2.24) is 0 Å². The van der Waals surface area contributed by atoms with E-state index in [9.17, 15) is 30.8 Å². The standard InChI is InChI=1S/C7H7F4IO5S/c1-4(12)5(13)17-3-2-6(8,9)7(10,11)18(14,15)16/h1-3H2,(H,14,15,16). The van der Waals surface area contributed by atoms with E-state index in [4.69, 9.17) is 4.55 Å². The largest absolute Gasteiger partial charge is 0.462 e. The molecule has 0 aliphatic rings. The second kappa shape index (κ2) is 5.69. The van der Waals surface area contributed by atoms with Crippen LogP contribution in [0.1, 0.15) is 6.42 Å². The molecule has 0 aliphatic heterocycles. The highest BCUT2D eigenvalue weighted by Gasteiger charge is 2.65. The van der Waals surface area contributed by atoms with Crippen molar-refractivity contribution in [1.29, 1.82) is 0 Å². The van der Waals surface area contributed by atoms with E-state index >= 15 is 0 Å². The molecule has 0 bridgehead atoms. The Morgan fingerprint density at radius 2 is 1.78 bits per heavy atom. The minimum absolute atomic E-state index is 0.169. The molecule has 5 nitrogen and oxygen atoms in total. The predicted molar refractivity (Wildman–Crippen MR) is 60.2 cm³/mol. The van der Waals surface area contributed by atoms with Gasteiger partial charge in [0.05, 0.1) is 16.6 Å². The van der Waals surface area contributed by atoms with E-state index in [0.29, 0.717) is 0 Å². The smallest absolute Gasteiger partial charge is 0.431 e. The number of rotatable bonds is 6. The van der Waals surface area contributed by atoms with Crippen LogP contribution in [0.4, 0.5) is 17.6 Å². The second-order valence-corrected chi connectivity index (χ2v) is 5.75. The first-order valence-corrected chi connectivity index (χ1v) is 6.59. The maximum absolute atomic E-state index is 12.8. The third-order valence-corrected chi connectivity index (χ3v) is 3.01. The molecule has 0 heterocycles. The maximum Gasteiger partial charge on any atom is 0.431 e. The second-order valence-electron chi connectivity index (χ2n) is 2.99. The highest BCUT2D eigenvalue weighted by Crippen LogP contribution is 2.40. The average Bonchev–Trinajstić information content (AvgIpc) is 2.14. The SMILES string of the molecule is C=C(I)C(=O)OCCC(F)(F)C(F)(F)S(=O)(=O)O. The van der Waals surface area contributed by atoms with Crippen LogP contribution in [-0.2, 0) is 19.6 Å². The monoisotopic (exact) mass is 406 g/mol. The number of carbonyl (C=O) groups excluding carboxylic acids is 1. The van der Waals surface area contributed by atoms with Gasteiger partial charge in [0, 0.05) is 0 Å². The van der Waals surface area contributed by atoms with Crippen LogP contribution in [0.25, 0.3) is 0 Å². The van der Waals surface area contributed by atoms with E-state index in [1.807, 2.05) is 0 Å². The normalized spacial score (nSPS) is 13.2. The van der Waals surface area contributed by atoms with Gasteiger partial charge in [-0.05, 0) is 22.6 Å². The quantitative estimate of drug-likeness (QED) is 0.240. The van der Waals surface area contributed by atoms with Crippen molar-refractivity contribution < 1.29 is 40.1 Å². The van der Waals surface area contributed by atoms with Crippen LogP contribution in [-0.4, -0.2) is 36.7 Å². The average molecular weight is 406 g/mol. The Morgan fingerprint density at radius 1 is 1.33 bits per heavy atom. The van der Waals surface area contributed by atoms with E-state index in [2.05, 4.69) is 11.3 Å². The number of alkyl halides is 4. The van der Waals surface area contributed by atoms with Crippen molar-refractivity contribution in [3.05, 3.63) is 10.2 Å². The summed E-state index contributed by atoms with van der Waals surface area (Å²) in [5.41, 5.74) is 0. The summed E-state index contributed by atoms with van der Waals surface area (Å²) in [6.45, 7) is 1.94. The number of hydrogen-bond donors (Lipinski definition) is 1. The van der Waals surface area contributed by atoms with Crippen LogP contribution in [0, 0.1) is 0 Å². The Bertz CT molecular complexity index is 447. The molecule has 0 saturated carbocycles. The molecular formula is C7H7F4IO5S. The van der Waals surface area contributed by atoms with Crippen molar-refractivity contribution in [2.45, 2.75) is 17.6 Å². The zero-order valence-corrected chi connectivity index (χ0v) is 11.5. The molecule has 0 amide bonds. The van der Waals surface area contributed by atoms with Gasteiger partial charge in [-0.3, -0.25) is 4.55 Å². The van der Waals surface area contributed by atoms with Crippen molar-refractivity contribution in [3.8, 4) is 0 Å². The molecule has 18 heavy (non-hydrogen) atoms. The van der Waals surface area contributed by atoms with Gasteiger partial charge in [-0.25, -0.2) is 4.79 Å². The fourth-order valence-corrected chi connectivity index (χ4v) is 1.32. The lowest BCUT2D eigenvalue weighted by atomic mass is 10.2. The Labute approximate surface area is 113 Å². The van der Waals surface area contributed by atoms with Crippen molar-refractivity contribution in [3.63, 3.8) is 0 Å². The van der Waals surface area contributed by atoms with Gasteiger partial charge >= 0.3 is 27.3 Å². The van der Waals surface area contributed by atoms with Gasteiger partial charge in [-0.1, -0.05) is 6.58 Å². The number of esters is 1. The van der Waals surface area contributed by atoms with Crippen LogP contribution in [0.15, 0.2) is 10.2 Å². The molecule has 0 aliphatic carbocycles.